The number of halogens is 2. The second-order valence-electron chi connectivity index (χ2n) is 6.19. The zero-order chi connectivity index (χ0) is 21.2. The number of carbonyl (C=O) groups excluding carboxylic acids is 1. The van der Waals surface area contributed by atoms with E-state index in [9.17, 15) is 17.6 Å². The summed E-state index contributed by atoms with van der Waals surface area (Å²) < 4.78 is 39.9. The Bertz CT molecular complexity index is 1130. The normalized spacial score (nSPS) is 11.6. The van der Waals surface area contributed by atoms with E-state index in [0.29, 0.717) is 5.13 Å². The molecule has 1 amide bonds. The lowest BCUT2D eigenvalue weighted by Crippen LogP contribution is -2.34. The molecule has 0 aliphatic heterocycles. The first-order chi connectivity index (χ1) is 13.7. The summed E-state index contributed by atoms with van der Waals surface area (Å²) in [5.74, 6) is -1.06. The molecule has 1 heterocycles. The Kier molecular flexibility index (Phi) is 6.47. The highest BCUT2D eigenvalue weighted by atomic mass is 79.9. The van der Waals surface area contributed by atoms with Gasteiger partial charge in [0.25, 0.3) is 0 Å². The molecule has 0 saturated heterocycles. The van der Waals surface area contributed by atoms with Crippen LogP contribution in [0.2, 0.25) is 0 Å². The largest absolute Gasteiger partial charge is 0.301 e. The molecular formula is C19H17BrFN3O3S2. The highest BCUT2D eigenvalue weighted by Crippen LogP contribution is 2.31. The summed E-state index contributed by atoms with van der Waals surface area (Å²) in [5.41, 5.74) is 1.67. The zero-order valence-electron chi connectivity index (χ0n) is 15.5. The third-order valence-corrected chi connectivity index (χ3v) is 7.28. The van der Waals surface area contributed by atoms with Crippen LogP contribution < -0.4 is 5.32 Å². The maximum absolute atomic E-state index is 13.0. The van der Waals surface area contributed by atoms with Crippen LogP contribution in [0.5, 0.6) is 0 Å². The summed E-state index contributed by atoms with van der Waals surface area (Å²) >= 11 is 4.70. The molecule has 0 saturated carbocycles. The topological polar surface area (TPSA) is 79.4 Å². The van der Waals surface area contributed by atoms with E-state index in [2.05, 4.69) is 26.2 Å². The Balaban J connectivity index is 1.70. The summed E-state index contributed by atoms with van der Waals surface area (Å²) in [7, 11) is -2.62. The number of thiazole rings is 1. The second kappa shape index (κ2) is 8.70. The average molecular weight is 498 g/mol. The van der Waals surface area contributed by atoms with Gasteiger partial charge in [0.05, 0.1) is 17.1 Å². The predicted molar refractivity (Wildman–Crippen MR) is 115 cm³/mol. The van der Waals surface area contributed by atoms with E-state index >= 15 is 0 Å². The zero-order valence-corrected chi connectivity index (χ0v) is 18.7. The van der Waals surface area contributed by atoms with Crippen molar-refractivity contribution < 1.29 is 17.6 Å². The first-order valence-electron chi connectivity index (χ1n) is 8.42. The fourth-order valence-corrected chi connectivity index (χ4v) is 4.80. The number of rotatable bonds is 6. The van der Waals surface area contributed by atoms with Crippen LogP contribution in [-0.2, 0) is 14.8 Å². The van der Waals surface area contributed by atoms with Gasteiger partial charge >= 0.3 is 0 Å². The second-order valence-corrected chi connectivity index (χ2v) is 10.4. The number of carbonyl (C=O) groups is 1. The minimum atomic E-state index is -3.91. The molecule has 0 bridgehead atoms. The Morgan fingerprint density at radius 3 is 2.41 bits per heavy atom. The van der Waals surface area contributed by atoms with Crippen molar-refractivity contribution in [3.05, 3.63) is 63.7 Å². The summed E-state index contributed by atoms with van der Waals surface area (Å²) in [5, 5.41) is 3.03. The van der Waals surface area contributed by atoms with Crippen molar-refractivity contribution in [3.63, 3.8) is 0 Å². The van der Waals surface area contributed by atoms with Gasteiger partial charge in [-0.05, 0) is 43.3 Å². The minimum Gasteiger partial charge on any atom is -0.301 e. The van der Waals surface area contributed by atoms with Gasteiger partial charge in [-0.25, -0.2) is 17.8 Å². The SMILES string of the molecule is Cc1sc(NC(=O)CN(C)S(=O)(=O)c2ccc(F)cc2)nc1-c1ccc(Br)cc1. The van der Waals surface area contributed by atoms with Crippen LogP contribution in [0.1, 0.15) is 4.88 Å². The van der Waals surface area contributed by atoms with Gasteiger partial charge in [0.2, 0.25) is 15.9 Å². The molecule has 1 aromatic heterocycles. The fourth-order valence-electron chi connectivity index (χ4n) is 2.56. The van der Waals surface area contributed by atoms with E-state index in [1.54, 1.807) is 0 Å². The van der Waals surface area contributed by atoms with Crippen LogP contribution in [0, 0.1) is 12.7 Å². The predicted octanol–water partition coefficient (Wildman–Crippen LogP) is 4.28. The molecule has 2 aromatic carbocycles. The van der Waals surface area contributed by atoms with Gasteiger partial charge in [-0.15, -0.1) is 11.3 Å². The quantitative estimate of drug-likeness (QED) is 0.551. The lowest BCUT2D eigenvalue weighted by molar-refractivity contribution is -0.116. The molecule has 3 rings (SSSR count). The Hall–Kier alpha value is -2.14. The lowest BCUT2D eigenvalue weighted by atomic mass is 10.1. The van der Waals surface area contributed by atoms with Crippen LogP contribution >= 0.6 is 27.3 Å². The van der Waals surface area contributed by atoms with Crippen LogP contribution in [-0.4, -0.2) is 37.2 Å². The van der Waals surface area contributed by atoms with Crippen molar-refractivity contribution in [2.45, 2.75) is 11.8 Å². The smallest absolute Gasteiger partial charge is 0.243 e. The molecule has 0 atom stereocenters. The number of aromatic nitrogens is 1. The first-order valence-corrected chi connectivity index (χ1v) is 11.5. The Morgan fingerprint density at radius 1 is 1.17 bits per heavy atom. The summed E-state index contributed by atoms with van der Waals surface area (Å²) in [4.78, 5) is 17.6. The average Bonchev–Trinajstić information content (AvgIpc) is 3.02. The molecule has 152 valence electrons. The van der Waals surface area contributed by atoms with Crippen molar-refractivity contribution in [3.8, 4) is 11.3 Å². The molecule has 0 fully saturated rings. The van der Waals surface area contributed by atoms with E-state index in [4.69, 9.17) is 0 Å². The first kappa shape index (κ1) is 21.6. The van der Waals surface area contributed by atoms with Crippen LogP contribution in [0.4, 0.5) is 9.52 Å². The minimum absolute atomic E-state index is 0.0863. The van der Waals surface area contributed by atoms with E-state index in [1.165, 1.54) is 18.4 Å². The number of benzene rings is 2. The van der Waals surface area contributed by atoms with Crippen LogP contribution in [0.15, 0.2) is 57.9 Å². The van der Waals surface area contributed by atoms with Gasteiger partial charge in [-0.1, -0.05) is 28.1 Å². The van der Waals surface area contributed by atoms with Crippen molar-refractivity contribution in [1.29, 1.82) is 0 Å². The number of hydrogen-bond donors (Lipinski definition) is 1. The van der Waals surface area contributed by atoms with Gasteiger partial charge in [-0.2, -0.15) is 4.31 Å². The standard InChI is InChI=1S/C19H17BrFN3O3S2/c1-12-18(13-3-5-14(20)6-4-13)23-19(28-12)22-17(25)11-24(2)29(26,27)16-9-7-15(21)8-10-16/h3-10H,11H2,1-2H3,(H,22,23,25). The van der Waals surface area contributed by atoms with E-state index in [0.717, 1.165) is 49.2 Å². The van der Waals surface area contributed by atoms with E-state index in [1.807, 2.05) is 31.2 Å². The van der Waals surface area contributed by atoms with Gasteiger partial charge < -0.3 is 5.32 Å². The maximum Gasteiger partial charge on any atom is 0.243 e. The summed E-state index contributed by atoms with van der Waals surface area (Å²) in [6.45, 7) is 1.50. The molecular weight excluding hydrogens is 481 g/mol. The third kappa shape index (κ3) is 5.08. The molecule has 29 heavy (non-hydrogen) atoms. The molecule has 0 unspecified atom stereocenters. The maximum atomic E-state index is 13.0. The molecule has 0 spiro atoms. The molecule has 0 aliphatic carbocycles. The van der Waals surface area contributed by atoms with Gasteiger partial charge in [-0.3, -0.25) is 4.79 Å². The summed E-state index contributed by atoms with van der Waals surface area (Å²) in [6, 6.07) is 12.1. The number of likely N-dealkylation sites (N-methyl/N-ethyl adjacent to an activating group) is 1. The van der Waals surface area contributed by atoms with E-state index in [-0.39, 0.29) is 4.90 Å². The Labute approximate surface area is 180 Å². The monoisotopic (exact) mass is 497 g/mol. The van der Waals surface area contributed by atoms with Crippen LogP contribution in [0.3, 0.4) is 0 Å². The van der Waals surface area contributed by atoms with Crippen molar-refractivity contribution >= 4 is 48.3 Å². The number of hydrogen-bond acceptors (Lipinski definition) is 5. The van der Waals surface area contributed by atoms with Crippen molar-refractivity contribution in [1.82, 2.24) is 9.29 Å². The van der Waals surface area contributed by atoms with Crippen molar-refractivity contribution in [2.24, 2.45) is 0 Å². The number of sulfonamides is 1. The van der Waals surface area contributed by atoms with Gasteiger partial charge in [0.15, 0.2) is 5.13 Å². The van der Waals surface area contributed by atoms with Crippen LogP contribution in [0.25, 0.3) is 11.3 Å². The molecule has 6 nitrogen and oxygen atoms in total. The highest BCUT2D eigenvalue weighted by Gasteiger charge is 2.23. The number of nitrogens with zero attached hydrogens (tertiary/aromatic N) is 2. The highest BCUT2D eigenvalue weighted by molar-refractivity contribution is 9.10. The third-order valence-electron chi connectivity index (χ3n) is 4.05. The molecule has 1 N–H and O–H groups in total. The van der Waals surface area contributed by atoms with Gasteiger partial charge in [0.1, 0.15) is 5.82 Å². The fraction of sp³-hybridized carbons (Fsp3) is 0.158. The van der Waals surface area contributed by atoms with Crippen molar-refractivity contribution in [2.75, 3.05) is 18.9 Å². The Morgan fingerprint density at radius 2 is 1.79 bits per heavy atom. The lowest BCUT2D eigenvalue weighted by Gasteiger charge is -2.16. The molecule has 3 aromatic rings. The van der Waals surface area contributed by atoms with E-state index < -0.39 is 28.3 Å². The summed E-state index contributed by atoms with van der Waals surface area (Å²) in [6.07, 6.45) is 0. The van der Waals surface area contributed by atoms with Gasteiger partial charge in [0, 0.05) is 22.0 Å². The number of anilines is 1. The number of nitrogens with one attached hydrogen (secondary N) is 1. The number of aryl methyl sites for hydroxylation is 1. The molecule has 0 radical (unpaired) electrons. The number of amides is 1. The molecule has 10 heteroatoms. The molecule has 0 aliphatic rings.